The number of nitrogens with one attached hydrogen (secondary N) is 1. The molecule has 0 saturated heterocycles. The second-order valence-electron chi connectivity index (χ2n) is 5.11. The highest BCUT2D eigenvalue weighted by Crippen LogP contribution is 2.27. The van der Waals surface area contributed by atoms with Crippen molar-refractivity contribution < 1.29 is 4.21 Å². The van der Waals surface area contributed by atoms with Gasteiger partial charge in [0.25, 0.3) is 0 Å². The summed E-state index contributed by atoms with van der Waals surface area (Å²) < 4.78 is 12.8. The van der Waals surface area contributed by atoms with Gasteiger partial charge in [-0.1, -0.05) is 53.6 Å². The predicted octanol–water partition coefficient (Wildman–Crippen LogP) is 4.11. The average molecular weight is 322 g/mol. The molecular formula is C17H20ClNOS. The first-order valence-corrected chi connectivity index (χ1v) is 8.52. The third-order valence-corrected chi connectivity index (χ3v) is 5.79. The van der Waals surface area contributed by atoms with Crippen molar-refractivity contribution in [1.29, 1.82) is 0 Å². The van der Waals surface area contributed by atoms with Gasteiger partial charge in [0.1, 0.15) is 0 Å². The Morgan fingerprint density at radius 1 is 1.10 bits per heavy atom. The molecule has 0 heterocycles. The lowest BCUT2D eigenvalue weighted by molar-refractivity contribution is 0.570. The van der Waals surface area contributed by atoms with Crippen molar-refractivity contribution in [2.75, 3.05) is 7.05 Å². The van der Waals surface area contributed by atoms with Crippen molar-refractivity contribution >= 4 is 22.4 Å². The van der Waals surface area contributed by atoms with E-state index in [0.29, 0.717) is 9.92 Å². The fraction of sp³-hybridized carbons (Fsp3) is 0.294. The fourth-order valence-corrected chi connectivity index (χ4v) is 4.16. The Morgan fingerprint density at radius 2 is 1.71 bits per heavy atom. The SMILES string of the molecule is CNC(c1ccc(C)cc1)C(C)S(=O)c1ccccc1Cl. The van der Waals surface area contributed by atoms with Crippen molar-refractivity contribution in [2.45, 2.75) is 30.0 Å². The molecule has 2 aromatic rings. The van der Waals surface area contributed by atoms with Crippen LogP contribution in [0.5, 0.6) is 0 Å². The van der Waals surface area contributed by atoms with Crippen LogP contribution in [0.15, 0.2) is 53.4 Å². The van der Waals surface area contributed by atoms with Gasteiger partial charge in [0.05, 0.1) is 26.0 Å². The summed E-state index contributed by atoms with van der Waals surface area (Å²) in [6, 6.07) is 15.7. The van der Waals surface area contributed by atoms with Crippen LogP contribution in [0, 0.1) is 6.92 Å². The van der Waals surface area contributed by atoms with E-state index in [1.807, 2.05) is 32.2 Å². The zero-order valence-corrected chi connectivity index (χ0v) is 14.0. The van der Waals surface area contributed by atoms with E-state index in [0.717, 1.165) is 5.56 Å². The Kier molecular flexibility index (Phi) is 5.57. The van der Waals surface area contributed by atoms with Crippen LogP contribution in [0.3, 0.4) is 0 Å². The maximum Gasteiger partial charge on any atom is 0.0592 e. The molecule has 2 nitrogen and oxygen atoms in total. The van der Waals surface area contributed by atoms with Crippen LogP contribution < -0.4 is 5.32 Å². The Morgan fingerprint density at radius 3 is 2.29 bits per heavy atom. The summed E-state index contributed by atoms with van der Waals surface area (Å²) in [5, 5.41) is 3.74. The summed E-state index contributed by atoms with van der Waals surface area (Å²) in [5.74, 6) is 0. The van der Waals surface area contributed by atoms with E-state index < -0.39 is 10.8 Å². The number of benzene rings is 2. The highest BCUT2D eigenvalue weighted by molar-refractivity contribution is 7.85. The lowest BCUT2D eigenvalue weighted by Gasteiger charge is -2.24. The topological polar surface area (TPSA) is 29.1 Å². The van der Waals surface area contributed by atoms with Crippen molar-refractivity contribution in [3.8, 4) is 0 Å². The van der Waals surface area contributed by atoms with Crippen LogP contribution in [0.2, 0.25) is 5.02 Å². The molecule has 0 aliphatic heterocycles. The normalized spacial score (nSPS) is 15.4. The quantitative estimate of drug-likeness (QED) is 0.898. The summed E-state index contributed by atoms with van der Waals surface area (Å²) in [5.41, 5.74) is 2.35. The summed E-state index contributed by atoms with van der Waals surface area (Å²) in [6.07, 6.45) is 0. The molecule has 1 N–H and O–H groups in total. The van der Waals surface area contributed by atoms with E-state index in [9.17, 15) is 4.21 Å². The molecule has 0 aliphatic rings. The Labute approximate surface area is 134 Å². The molecule has 0 aliphatic carbocycles. The molecule has 3 unspecified atom stereocenters. The average Bonchev–Trinajstić information content (AvgIpc) is 2.49. The number of halogens is 1. The molecule has 0 aromatic heterocycles. The van der Waals surface area contributed by atoms with Gasteiger partial charge in [-0.15, -0.1) is 0 Å². The minimum absolute atomic E-state index is 0.0164. The van der Waals surface area contributed by atoms with Gasteiger partial charge in [-0.05, 0) is 38.6 Å². The molecule has 0 saturated carbocycles. The van der Waals surface area contributed by atoms with Gasteiger partial charge in [-0.3, -0.25) is 4.21 Å². The van der Waals surface area contributed by atoms with Crippen LogP contribution in [0.4, 0.5) is 0 Å². The molecule has 0 amide bonds. The molecular weight excluding hydrogens is 302 g/mol. The Hall–Kier alpha value is -1.16. The van der Waals surface area contributed by atoms with Crippen molar-refractivity contribution in [3.05, 3.63) is 64.7 Å². The minimum atomic E-state index is -1.17. The first-order chi connectivity index (χ1) is 10.0. The first kappa shape index (κ1) is 16.2. The summed E-state index contributed by atoms with van der Waals surface area (Å²) >= 11 is 6.16. The molecule has 2 rings (SSSR count). The number of hydrogen-bond acceptors (Lipinski definition) is 2. The van der Waals surface area contributed by atoms with Crippen LogP contribution in [0.1, 0.15) is 24.1 Å². The molecule has 21 heavy (non-hydrogen) atoms. The zero-order chi connectivity index (χ0) is 15.4. The lowest BCUT2D eigenvalue weighted by Crippen LogP contribution is -2.30. The van der Waals surface area contributed by atoms with E-state index in [2.05, 4.69) is 36.5 Å². The van der Waals surface area contributed by atoms with Gasteiger partial charge < -0.3 is 5.32 Å². The fourth-order valence-electron chi connectivity index (χ4n) is 2.38. The van der Waals surface area contributed by atoms with Crippen LogP contribution in [0.25, 0.3) is 0 Å². The Balaban J connectivity index is 2.28. The van der Waals surface area contributed by atoms with E-state index in [1.54, 1.807) is 6.07 Å². The lowest BCUT2D eigenvalue weighted by atomic mass is 10.0. The summed E-state index contributed by atoms with van der Waals surface area (Å²) in [7, 11) is 0.724. The minimum Gasteiger partial charge on any atom is -0.312 e. The summed E-state index contributed by atoms with van der Waals surface area (Å²) in [4.78, 5) is 0.694. The molecule has 3 atom stereocenters. The second-order valence-corrected chi connectivity index (χ2v) is 7.30. The monoisotopic (exact) mass is 321 g/mol. The smallest absolute Gasteiger partial charge is 0.0592 e. The van der Waals surface area contributed by atoms with Gasteiger partial charge >= 0.3 is 0 Å². The zero-order valence-electron chi connectivity index (χ0n) is 12.5. The Bertz CT molecular complexity index is 627. The third-order valence-electron chi connectivity index (χ3n) is 3.61. The first-order valence-electron chi connectivity index (χ1n) is 6.93. The maximum absolute atomic E-state index is 12.8. The van der Waals surface area contributed by atoms with E-state index in [-0.39, 0.29) is 11.3 Å². The van der Waals surface area contributed by atoms with Crippen LogP contribution >= 0.6 is 11.6 Å². The van der Waals surface area contributed by atoms with Gasteiger partial charge in [0, 0.05) is 6.04 Å². The molecule has 0 spiro atoms. The molecule has 2 aromatic carbocycles. The number of hydrogen-bond donors (Lipinski definition) is 1. The molecule has 4 heteroatoms. The van der Waals surface area contributed by atoms with E-state index in [1.165, 1.54) is 5.56 Å². The van der Waals surface area contributed by atoms with Crippen molar-refractivity contribution in [3.63, 3.8) is 0 Å². The van der Waals surface area contributed by atoms with Gasteiger partial charge in [-0.25, -0.2) is 0 Å². The predicted molar refractivity (Wildman–Crippen MR) is 90.3 cm³/mol. The standard InChI is InChI=1S/C17H20ClNOS/c1-12-8-10-14(11-9-12)17(19-3)13(2)21(20)16-7-5-4-6-15(16)18/h4-11,13,17,19H,1-3H3. The largest absolute Gasteiger partial charge is 0.312 e. The number of aryl methyl sites for hydroxylation is 1. The summed E-state index contributed by atoms with van der Waals surface area (Å²) in [6.45, 7) is 4.05. The van der Waals surface area contributed by atoms with Gasteiger partial charge in [0.15, 0.2) is 0 Å². The maximum atomic E-state index is 12.8. The molecule has 112 valence electrons. The molecule has 0 radical (unpaired) electrons. The van der Waals surface area contributed by atoms with E-state index in [4.69, 9.17) is 11.6 Å². The second kappa shape index (κ2) is 7.21. The van der Waals surface area contributed by atoms with Crippen LogP contribution in [-0.4, -0.2) is 16.5 Å². The highest BCUT2D eigenvalue weighted by atomic mass is 35.5. The molecule has 0 fully saturated rings. The molecule has 0 bridgehead atoms. The van der Waals surface area contributed by atoms with Crippen molar-refractivity contribution in [2.24, 2.45) is 0 Å². The van der Waals surface area contributed by atoms with Gasteiger partial charge in [-0.2, -0.15) is 0 Å². The van der Waals surface area contributed by atoms with Crippen LogP contribution in [-0.2, 0) is 10.8 Å². The van der Waals surface area contributed by atoms with Crippen molar-refractivity contribution in [1.82, 2.24) is 5.32 Å². The highest BCUT2D eigenvalue weighted by Gasteiger charge is 2.25. The van der Waals surface area contributed by atoms with E-state index >= 15 is 0 Å². The van der Waals surface area contributed by atoms with Gasteiger partial charge in [0.2, 0.25) is 0 Å². The third kappa shape index (κ3) is 3.73. The number of rotatable bonds is 5.